The standard InChI is InChI=1S/C12H16BrN3O3/c1-7-3-8(11(17)18)6-16(5-7)12-14-4-9(13)10(15-12)19-2/h4,7-8H,3,5-6H2,1-2H3,(H,17,18). The summed E-state index contributed by atoms with van der Waals surface area (Å²) in [5.74, 6) is 0.128. The fourth-order valence-corrected chi connectivity index (χ4v) is 2.68. The van der Waals surface area contributed by atoms with Crippen LogP contribution in [0.1, 0.15) is 13.3 Å². The summed E-state index contributed by atoms with van der Waals surface area (Å²) in [6, 6.07) is 0. The molecule has 1 aromatic rings. The minimum Gasteiger partial charge on any atom is -0.481 e. The summed E-state index contributed by atoms with van der Waals surface area (Å²) in [5, 5.41) is 9.17. The molecule has 2 heterocycles. The summed E-state index contributed by atoms with van der Waals surface area (Å²) in [5.41, 5.74) is 0. The lowest BCUT2D eigenvalue weighted by molar-refractivity contribution is -0.142. The van der Waals surface area contributed by atoms with Gasteiger partial charge in [0.1, 0.15) is 0 Å². The molecule has 1 fully saturated rings. The molecule has 2 unspecified atom stereocenters. The monoisotopic (exact) mass is 329 g/mol. The molecule has 0 aliphatic carbocycles. The quantitative estimate of drug-likeness (QED) is 0.911. The van der Waals surface area contributed by atoms with Gasteiger partial charge in [0.25, 0.3) is 0 Å². The van der Waals surface area contributed by atoms with Crippen LogP contribution < -0.4 is 9.64 Å². The number of halogens is 1. The first-order valence-electron chi connectivity index (χ1n) is 6.05. The van der Waals surface area contributed by atoms with Gasteiger partial charge in [-0.3, -0.25) is 4.79 Å². The van der Waals surface area contributed by atoms with Crippen LogP contribution in [0.5, 0.6) is 5.88 Å². The van der Waals surface area contributed by atoms with Crippen molar-refractivity contribution in [3.8, 4) is 5.88 Å². The average molecular weight is 330 g/mol. The summed E-state index contributed by atoms with van der Waals surface area (Å²) in [4.78, 5) is 21.6. The number of ether oxygens (including phenoxy) is 1. The van der Waals surface area contributed by atoms with Gasteiger partial charge in [-0.25, -0.2) is 4.98 Å². The lowest BCUT2D eigenvalue weighted by atomic mass is 9.91. The smallest absolute Gasteiger partial charge is 0.308 e. The number of aliphatic carboxylic acids is 1. The summed E-state index contributed by atoms with van der Waals surface area (Å²) in [6.45, 7) is 3.23. The Balaban J connectivity index is 2.22. The largest absolute Gasteiger partial charge is 0.481 e. The van der Waals surface area contributed by atoms with Gasteiger partial charge in [0.2, 0.25) is 11.8 Å². The fraction of sp³-hybridized carbons (Fsp3) is 0.583. The average Bonchev–Trinajstić information content (AvgIpc) is 2.38. The Labute approximate surface area is 119 Å². The summed E-state index contributed by atoms with van der Waals surface area (Å²) >= 11 is 3.30. The molecule has 104 valence electrons. The Morgan fingerprint density at radius 3 is 2.95 bits per heavy atom. The Kier molecular flexibility index (Phi) is 4.24. The molecule has 7 heteroatoms. The van der Waals surface area contributed by atoms with Crippen molar-refractivity contribution in [1.29, 1.82) is 0 Å². The highest BCUT2D eigenvalue weighted by Gasteiger charge is 2.30. The van der Waals surface area contributed by atoms with E-state index in [0.29, 0.717) is 35.2 Å². The second kappa shape index (κ2) is 5.73. The number of carboxylic acid groups (broad SMARTS) is 1. The molecule has 0 radical (unpaired) electrons. The van der Waals surface area contributed by atoms with Gasteiger partial charge >= 0.3 is 5.97 Å². The Hall–Kier alpha value is -1.37. The minimum atomic E-state index is -0.763. The highest BCUT2D eigenvalue weighted by atomic mass is 79.9. The zero-order valence-corrected chi connectivity index (χ0v) is 12.4. The van der Waals surface area contributed by atoms with Crippen molar-refractivity contribution in [2.45, 2.75) is 13.3 Å². The number of hydrogen-bond donors (Lipinski definition) is 1. The maximum atomic E-state index is 11.2. The predicted octanol–water partition coefficient (Wildman–Crippen LogP) is 1.79. The molecule has 6 nitrogen and oxygen atoms in total. The van der Waals surface area contributed by atoms with E-state index >= 15 is 0 Å². The fourth-order valence-electron chi connectivity index (χ4n) is 2.33. The van der Waals surface area contributed by atoms with E-state index in [2.05, 4.69) is 25.9 Å². The first-order chi connectivity index (χ1) is 9.01. The first-order valence-corrected chi connectivity index (χ1v) is 6.84. The van der Waals surface area contributed by atoms with Crippen LogP contribution in [0, 0.1) is 11.8 Å². The molecule has 2 atom stereocenters. The van der Waals surface area contributed by atoms with Gasteiger partial charge in [0, 0.05) is 13.1 Å². The normalized spacial score (nSPS) is 23.2. The maximum absolute atomic E-state index is 11.2. The van der Waals surface area contributed by atoms with Crippen molar-refractivity contribution in [3.63, 3.8) is 0 Å². The summed E-state index contributed by atoms with van der Waals surface area (Å²) < 4.78 is 5.82. The number of methoxy groups -OCH3 is 1. The lowest BCUT2D eigenvalue weighted by Crippen LogP contribution is -2.43. The molecule has 0 spiro atoms. The highest BCUT2D eigenvalue weighted by Crippen LogP contribution is 2.28. The second-order valence-corrected chi connectivity index (χ2v) is 5.66. The highest BCUT2D eigenvalue weighted by molar-refractivity contribution is 9.10. The number of hydrogen-bond acceptors (Lipinski definition) is 5. The van der Waals surface area contributed by atoms with Crippen molar-refractivity contribution in [2.75, 3.05) is 25.1 Å². The van der Waals surface area contributed by atoms with Gasteiger partial charge in [-0.1, -0.05) is 6.92 Å². The van der Waals surface area contributed by atoms with Crippen LogP contribution in [0.15, 0.2) is 10.7 Å². The molecule has 19 heavy (non-hydrogen) atoms. The molecule has 1 aliphatic rings. The molecular weight excluding hydrogens is 314 g/mol. The van der Waals surface area contributed by atoms with E-state index in [0.717, 1.165) is 6.54 Å². The molecule has 2 rings (SSSR count). The Morgan fingerprint density at radius 1 is 1.58 bits per heavy atom. The van der Waals surface area contributed by atoms with Gasteiger partial charge < -0.3 is 14.7 Å². The lowest BCUT2D eigenvalue weighted by Gasteiger charge is -2.34. The Morgan fingerprint density at radius 2 is 2.32 bits per heavy atom. The minimum absolute atomic E-state index is 0.299. The molecule has 1 aromatic heterocycles. The van der Waals surface area contributed by atoms with E-state index in [1.807, 2.05) is 11.8 Å². The van der Waals surface area contributed by atoms with Gasteiger partial charge in [-0.15, -0.1) is 0 Å². The van der Waals surface area contributed by atoms with Crippen molar-refractivity contribution in [2.24, 2.45) is 11.8 Å². The third-order valence-corrected chi connectivity index (χ3v) is 3.73. The number of rotatable bonds is 3. The zero-order valence-electron chi connectivity index (χ0n) is 10.8. The first kappa shape index (κ1) is 14.0. The van der Waals surface area contributed by atoms with Crippen molar-refractivity contribution < 1.29 is 14.6 Å². The SMILES string of the molecule is COc1nc(N2CC(C)CC(C(=O)O)C2)ncc1Br. The van der Waals surface area contributed by atoms with E-state index in [-0.39, 0.29) is 5.92 Å². The number of aromatic nitrogens is 2. The number of nitrogens with zero attached hydrogens (tertiary/aromatic N) is 3. The number of carbonyl (C=O) groups is 1. The zero-order chi connectivity index (χ0) is 14.0. The third kappa shape index (κ3) is 3.15. The van der Waals surface area contributed by atoms with E-state index in [1.165, 1.54) is 7.11 Å². The maximum Gasteiger partial charge on any atom is 0.308 e. The van der Waals surface area contributed by atoms with Crippen LogP contribution in [0.2, 0.25) is 0 Å². The number of anilines is 1. The summed E-state index contributed by atoms with van der Waals surface area (Å²) in [7, 11) is 1.54. The second-order valence-electron chi connectivity index (χ2n) is 4.81. The van der Waals surface area contributed by atoms with Gasteiger partial charge in [-0.2, -0.15) is 4.98 Å². The van der Waals surface area contributed by atoms with Crippen LogP contribution in [-0.4, -0.2) is 41.2 Å². The van der Waals surface area contributed by atoms with E-state index in [9.17, 15) is 4.79 Å². The van der Waals surface area contributed by atoms with E-state index < -0.39 is 5.97 Å². The molecule has 0 amide bonds. The van der Waals surface area contributed by atoms with Crippen molar-refractivity contribution in [1.82, 2.24) is 9.97 Å². The molecule has 0 aromatic carbocycles. The molecule has 1 N–H and O–H groups in total. The van der Waals surface area contributed by atoms with Crippen molar-refractivity contribution in [3.05, 3.63) is 10.7 Å². The topological polar surface area (TPSA) is 75.5 Å². The van der Waals surface area contributed by atoms with Gasteiger partial charge in [0.15, 0.2) is 0 Å². The van der Waals surface area contributed by atoms with Crippen LogP contribution in [0.3, 0.4) is 0 Å². The van der Waals surface area contributed by atoms with Crippen LogP contribution >= 0.6 is 15.9 Å². The molecule has 1 aliphatic heterocycles. The number of piperidine rings is 1. The van der Waals surface area contributed by atoms with Crippen molar-refractivity contribution >= 4 is 27.8 Å². The van der Waals surface area contributed by atoms with Crippen LogP contribution in [-0.2, 0) is 4.79 Å². The third-order valence-electron chi connectivity index (χ3n) is 3.18. The van der Waals surface area contributed by atoms with E-state index in [1.54, 1.807) is 6.20 Å². The molecule has 0 saturated carbocycles. The molecule has 0 bridgehead atoms. The van der Waals surface area contributed by atoms with Crippen LogP contribution in [0.25, 0.3) is 0 Å². The Bertz CT molecular complexity index is 483. The molecule has 1 saturated heterocycles. The predicted molar refractivity (Wildman–Crippen MR) is 73.4 cm³/mol. The van der Waals surface area contributed by atoms with E-state index in [4.69, 9.17) is 9.84 Å². The van der Waals surface area contributed by atoms with Gasteiger partial charge in [-0.05, 0) is 28.3 Å². The number of carboxylic acids is 1. The van der Waals surface area contributed by atoms with Crippen LogP contribution in [0.4, 0.5) is 5.95 Å². The van der Waals surface area contributed by atoms with Gasteiger partial charge in [0.05, 0.1) is 23.7 Å². The summed E-state index contributed by atoms with van der Waals surface area (Å²) in [6.07, 6.45) is 2.32. The molecular formula is C12H16BrN3O3.